The second-order valence-corrected chi connectivity index (χ2v) is 4.80. The molecule has 21 heavy (non-hydrogen) atoms. The Morgan fingerprint density at radius 1 is 1.38 bits per heavy atom. The summed E-state index contributed by atoms with van der Waals surface area (Å²) in [5.41, 5.74) is 0.728. The molecule has 0 aliphatic carbocycles. The summed E-state index contributed by atoms with van der Waals surface area (Å²) in [5.74, 6) is -1.20. The van der Waals surface area contributed by atoms with Crippen molar-refractivity contribution in [3.05, 3.63) is 23.8 Å². The molecule has 0 aliphatic heterocycles. The van der Waals surface area contributed by atoms with Crippen LogP contribution in [0, 0.1) is 5.92 Å². The molecule has 0 aliphatic rings. The fraction of sp³-hybridized carbons (Fsp3) is 0.500. The minimum atomic E-state index is -2.93. The largest absolute Gasteiger partial charge is 0.493 e. The Morgan fingerprint density at radius 2 is 2.05 bits per heavy atom. The van der Waals surface area contributed by atoms with E-state index in [0.717, 1.165) is 5.56 Å². The van der Waals surface area contributed by atoms with E-state index >= 15 is 0 Å². The molecule has 0 bridgehead atoms. The van der Waals surface area contributed by atoms with E-state index in [1.165, 1.54) is 13.2 Å². The zero-order valence-corrected chi connectivity index (χ0v) is 12.2. The molecule has 1 rings (SSSR count). The molecule has 0 heterocycles. The number of alkyl halides is 2. The molecule has 118 valence electrons. The lowest BCUT2D eigenvalue weighted by molar-refractivity contribution is -0.141. The summed E-state index contributed by atoms with van der Waals surface area (Å²) < 4.78 is 34.0. The molecule has 1 aromatic carbocycles. The van der Waals surface area contributed by atoms with Gasteiger partial charge in [-0.1, -0.05) is 13.0 Å². The molecule has 0 amide bonds. The van der Waals surface area contributed by atoms with Crippen LogP contribution in [-0.2, 0) is 11.3 Å². The maximum absolute atomic E-state index is 12.3. The summed E-state index contributed by atoms with van der Waals surface area (Å²) in [6.45, 7) is -0.551. The van der Waals surface area contributed by atoms with Gasteiger partial charge in [0, 0.05) is 13.1 Å². The number of hydrogen-bond acceptors (Lipinski definition) is 4. The molecule has 0 radical (unpaired) electrons. The highest BCUT2D eigenvalue weighted by atomic mass is 19.3. The number of hydrogen-bond donors (Lipinski definition) is 1. The highest BCUT2D eigenvalue weighted by Crippen LogP contribution is 2.29. The number of carboxylic acid groups (broad SMARTS) is 1. The molecular formula is C14H19F2NO4. The van der Waals surface area contributed by atoms with Gasteiger partial charge in [0.25, 0.3) is 0 Å². The van der Waals surface area contributed by atoms with E-state index < -0.39 is 18.5 Å². The van der Waals surface area contributed by atoms with Crippen LogP contribution in [0.2, 0.25) is 0 Å². The van der Waals surface area contributed by atoms with Crippen molar-refractivity contribution in [2.24, 2.45) is 5.92 Å². The highest BCUT2D eigenvalue weighted by molar-refractivity contribution is 5.69. The Hall–Kier alpha value is -1.89. The smallest absolute Gasteiger partial charge is 0.387 e. The third-order valence-corrected chi connectivity index (χ3v) is 2.90. The first-order valence-corrected chi connectivity index (χ1v) is 6.36. The number of ether oxygens (including phenoxy) is 2. The predicted octanol–water partition coefficient (Wildman–Crippen LogP) is 2.45. The van der Waals surface area contributed by atoms with Crippen molar-refractivity contribution in [1.29, 1.82) is 0 Å². The summed E-state index contributed by atoms with van der Waals surface area (Å²) in [7, 11) is 3.13. The van der Waals surface area contributed by atoms with E-state index in [2.05, 4.69) is 4.74 Å². The third kappa shape index (κ3) is 5.55. The average Bonchev–Trinajstić information content (AvgIpc) is 2.38. The number of carboxylic acids is 1. The minimum absolute atomic E-state index is 0.0373. The Bertz CT molecular complexity index is 482. The number of aliphatic carboxylic acids is 1. The lowest BCUT2D eigenvalue weighted by Gasteiger charge is -2.20. The van der Waals surface area contributed by atoms with E-state index in [-0.39, 0.29) is 11.5 Å². The van der Waals surface area contributed by atoms with Crippen LogP contribution in [0.15, 0.2) is 18.2 Å². The summed E-state index contributed by atoms with van der Waals surface area (Å²) in [5, 5.41) is 8.86. The topological polar surface area (TPSA) is 59.0 Å². The molecule has 5 nitrogen and oxygen atoms in total. The van der Waals surface area contributed by atoms with Crippen molar-refractivity contribution in [3.8, 4) is 11.5 Å². The highest BCUT2D eigenvalue weighted by Gasteiger charge is 2.15. The predicted molar refractivity (Wildman–Crippen MR) is 72.8 cm³/mol. The summed E-state index contributed by atoms with van der Waals surface area (Å²) in [6, 6.07) is 4.73. The normalized spacial score (nSPS) is 12.5. The van der Waals surface area contributed by atoms with E-state index in [4.69, 9.17) is 9.84 Å². The average molecular weight is 303 g/mol. The van der Waals surface area contributed by atoms with E-state index in [9.17, 15) is 13.6 Å². The minimum Gasteiger partial charge on any atom is -0.493 e. The lowest BCUT2D eigenvalue weighted by Crippen LogP contribution is -2.28. The van der Waals surface area contributed by atoms with Gasteiger partial charge in [-0.15, -0.1) is 0 Å². The lowest BCUT2D eigenvalue weighted by atomic mass is 10.1. The molecule has 1 atom stereocenters. The van der Waals surface area contributed by atoms with E-state index in [1.54, 1.807) is 31.0 Å². The van der Waals surface area contributed by atoms with Crippen LogP contribution < -0.4 is 9.47 Å². The number of benzene rings is 1. The van der Waals surface area contributed by atoms with Gasteiger partial charge in [0.2, 0.25) is 0 Å². The van der Waals surface area contributed by atoms with Crippen LogP contribution in [0.1, 0.15) is 12.5 Å². The fourth-order valence-corrected chi connectivity index (χ4v) is 1.93. The summed E-state index contributed by atoms with van der Waals surface area (Å²) >= 11 is 0. The molecule has 1 N–H and O–H groups in total. The molecule has 1 unspecified atom stereocenters. The van der Waals surface area contributed by atoms with Gasteiger partial charge in [-0.05, 0) is 24.7 Å². The molecule has 0 fully saturated rings. The molecule has 0 saturated heterocycles. The zero-order valence-electron chi connectivity index (χ0n) is 12.2. The van der Waals surface area contributed by atoms with Crippen molar-refractivity contribution in [3.63, 3.8) is 0 Å². The Kier molecular flexibility index (Phi) is 6.36. The maximum Gasteiger partial charge on any atom is 0.387 e. The van der Waals surface area contributed by atoms with Crippen LogP contribution in [0.3, 0.4) is 0 Å². The first-order chi connectivity index (χ1) is 9.83. The second kappa shape index (κ2) is 7.78. The van der Waals surface area contributed by atoms with Gasteiger partial charge < -0.3 is 19.5 Å². The van der Waals surface area contributed by atoms with Crippen molar-refractivity contribution in [2.45, 2.75) is 20.1 Å². The maximum atomic E-state index is 12.3. The summed E-state index contributed by atoms with van der Waals surface area (Å²) in [6.07, 6.45) is 0. The molecule has 0 spiro atoms. The molecule has 7 heteroatoms. The van der Waals surface area contributed by atoms with Crippen molar-refractivity contribution < 1.29 is 28.2 Å². The Labute approximate surface area is 122 Å². The van der Waals surface area contributed by atoms with Crippen LogP contribution in [0.25, 0.3) is 0 Å². The Balaban J connectivity index is 2.77. The van der Waals surface area contributed by atoms with E-state index in [1.807, 2.05) is 0 Å². The van der Waals surface area contributed by atoms with Crippen LogP contribution in [-0.4, -0.2) is 43.3 Å². The van der Waals surface area contributed by atoms with Gasteiger partial charge in [-0.3, -0.25) is 4.79 Å². The first-order valence-electron chi connectivity index (χ1n) is 6.36. The fourth-order valence-electron chi connectivity index (χ4n) is 1.93. The monoisotopic (exact) mass is 303 g/mol. The number of nitrogens with zero attached hydrogens (tertiary/aromatic N) is 1. The van der Waals surface area contributed by atoms with Gasteiger partial charge in [-0.25, -0.2) is 0 Å². The van der Waals surface area contributed by atoms with Gasteiger partial charge in [-0.2, -0.15) is 8.78 Å². The number of halogens is 2. The van der Waals surface area contributed by atoms with Crippen molar-refractivity contribution in [1.82, 2.24) is 4.90 Å². The third-order valence-electron chi connectivity index (χ3n) is 2.90. The molecule has 0 saturated carbocycles. The van der Waals surface area contributed by atoms with Crippen LogP contribution >= 0.6 is 0 Å². The molecular weight excluding hydrogens is 284 g/mol. The number of methoxy groups -OCH3 is 1. The Morgan fingerprint density at radius 3 is 2.57 bits per heavy atom. The number of carbonyl (C=O) groups is 1. The van der Waals surface area contributed by atoms with Gasteiger partial charge in [0.1, 0.15) is 0 Å². The van der Waals surface area contributed by atoms with Crippen molar-refractivity contribution in [2.75, 3.05) is 20.7 Å². The molecule has 1 aromatic rings. The zero-order chi connectivity index (χ0) is 16.0. The first kappa shape index (κ1) is 17.2. The second-order valence-electron chi connectivity index (χ2n) is 4.80. The van der Waals surface area contributed by atoms with E-state index in [0.29, 0.717) is 13.1 Å². The number of rotatable bonds is 8. The van der Waals surface area contributed by atoms with Crippen LogP contribution in [0.5, 0.6) is 11.5 Å². The standard InChI is InChI=1S/C14H19F2NO4/c1-9(13(18)19)7-17(2)8-10-4-5-11(20-3)12(6-10)21-14(15)16/h4-6,9,14H,7-8H2,1-3H3,(H,18,19). The van der Waals surface area contributed by atoms with Gasteiger partial charge in [0.15, 0.2) is 11.5 Å². The van der Waals surface area contributed by atoms with Gasteiger partial charge >= 0.3 is 12.6 Å². The van der Waals surface area contributed by atoms with Gasteiger partial charge in [0.05, 0.1) is 13.0 Å². The van der Waals surface area contributed by atoms with Crippen molar-refractivity contribution >= 4 is 5.97 Å². The summed E-state index contributed by atoms with van der Waals surface area (Å²) in [4.78, 5) is 12.6. The molecule has 0 aromatic heterocycles. The van der Waals surface area contributed by atoms with Crippen LogP contribution in [0.4, 0.5) is 8.78 Å². The SMILES string of the molecule is COc1ccc(CN(C)CC(C)C(=O)O)cc1OC(F)F. The quantitative estimate of drug-likeness (QED) is 0.799.